The van der Waals surface area contributed by atoms with Crippen molar-refractivity contribution in [1.82, 2.24) is 5.32 Å². The van der Waals surface area contributed by atoms with Crippen molar-refractivity contribution in [3.8, 4) is 5.75 Å². The fourth-order valence-corrected chi connectivity index (χ4v) is 3.92. The molecule has 1 unspecified atom stereocenters. The summed E-state index contributed by atoms with van der Waals surface area (Å²) in [5, 5.41) is 4.02. The van der Waals surface area contributed by atoms with Crippen molar-refractivity contribution in [2.45, 2.75) is 13.0 Å². The molecule has 0 aliphatic carbocycles. The van der Waals surface area contributed by atoms with Crippen LogP contribution in [0.15, 0.2) is 39.3 Å². The Labute approximate surface area is 147 Å². The van der Waals surface area contributed by atoms with Gasteiger partial charge in [-0.1, -0.05) is 33.6 Å². The molecule has 0 radical (unpaired) electrons. The van der Waals surface area contributed by atoms with E-state index >= 15 is 0 Å². The first-order valence-corrected chi connectivity index (χ1v) is 8.40. The van der Waals surface area contributed by atoms with E-state index in [1.807, 2.05) is 25.2 Å². The van der Waals surface area contributed by atoms with Crippen molar-refractivity contribution in [1.29, 1.82) is 0 Å². The third kappa shape index (κ3) is 3.62. The summed E-state index contributed by atoms with van der Waals surface area (Å²) in [6.07, 6.45) is 0. The van der Waals surface area contributed by atoms with E-state index in [2.05, 4.69) is 56.2 Å². The van der Waals surface area contributed by atoms with Crippen molar-refractivity contribution in [2.75, 3.05) is 14.2 Å². The minimum Gasteiger partial charge on any atom is -0.495 e. The molecule has 1 atom stereocenters. The van der Waals surface area contributed by atoms with E-state index in [1.165, 1.54) is 11.1 Å². The second-order valence-electron chi connectivity index (χ2n) is 4.73. The van der Waals surface area contributed by atoms with E-state index in [0.29, 0.717) is 5.02 Å². The van der Waals surface area contributed by atoms with Crippen LogP contribution in [0.5, 0.6) is 5.75 Å². The van der Waals surface area contributed by atoms with Crippen LogP contribution in [0.4, 0.5) is 0 Å². The Morgan fingerprint density at radius 3 is 2.43 bits per heavy atom. The SMILES string of the molecule is CNC(c1ccc(Br)cc1C)c1cc(Cl)cc(Br)c1OC. The normalized spacial score (nSPS) is 12.3. The van der Waals surface area contributed by atoms with Gasteiger partial charge in [-0.15, -0.1) is 0 Å². The Morgan fingerprint density at radius 1 is 1.14 bits per heavy atom. The number of halogens is 3. The maximum absolute atomic E-state index is 6.21. The van der Waals surface area contributed by atoms with Gasteiger partial charge in [0.2, 0.25) is 0 Å². The lowest BCUT2D eigenvalue weighted by Crippen LogP contribution is -2.19. The Kier molecular flexibility index (Phi) is 5.72. The molecule has 2 aromatic rings. The lowest BCUT2D eigenvalue weighted by molar-refractivity contribution is 0.402. The molecule has 2 nitrogen and oxygen atoms in total. The van der Waals surface area contributed by atoms with Crippen LogP contribution < -0.4 is 10.1 Å². The van der Waals surface area contributed by atoms with Crippen LogP contribution in [0, 0.1) is 6.92 Å². The molecule has 0 bridgehead atoms. The Morgan fingerprint density at radius 2 is 1.86 bits per heavy atom. The first kappa shape index (κ1) is 16.8. The molecule has 112 valence electrons. The Bertz CT molecular complexity index is 661. The van der Waals surface area contributed by atoms with Crippen molar-refractivity contribution < 1.29 is 4.74 Å². The molecule has 0 amide bonds. The van der Waals surface area contributed by atoms with Gasteiger partial charge in [0.1, 0.15) is 5.75 Å². The molecule has 1 N–H and O–H groups in total. The van der Waals surface area contributed by atoms with Crippen LogP contribution in [-0.4, -0.2) is 14.2 Å². The summed E-state index contributed by atoms with van der Waals surface area (Å²) >= 11 is 13.2. The number of ether oxygens (including phenoxy) is 1. The van der Waals surface area contributed by atoms with Crippen molar-refractivity contribution in [2.24, 2.45) is 0 Å². The standard InChI is InChI=1S/C16H16Br2ClNO/c1-9-6-10(17)4-5-12(9)15(20-2)13-7-11(19)8-14(18)16(13)21-3/h4-8,15,20H,1-3H3. The second-order valence-corrected chi connectivity index (χ2v) is 6.94. The summed E-state index contributed by atoms with van der Waals surface area (Å²) in [4.78, 5) is 0. The van der Waals surface area contributed by atoms with E-state index in [4.69, 9.17) is 16.3 Å². The first-order valence-electron chi connectivity index (χ1n) is 6.44. The highest BCUT2D eigenvalue weighted by molar-refractivity contribution is 9.10. The molecular formula is C16H16Br2ClNO. The number of methoxy groups -OCH3 is 1. The average molecular weight is 434 g/mol. The summed E-state index contributed by atoms with van der Waals surface area (Å²) in [7, 11) is 3.60. The van der Waals surface area contributed by atoms with Crippen LogP contribution in [0.3, 0.4) is 0 Å². The largest absolute Gasteiger partial charge is 0.495 e. The molecule has 0 spiro atoms. The highest BCUT2D eigenvalue weighted by atomic mass is 79.9. The molecule has 21 heavy (non-hydrogen) atoms. The summed E-state index contributed by atoms with van der Waals surface area (Å²) in [5.74, 6) is 0.793. The number of hydrogen-bond acceptors (Lipinski definition) is 2. The second kappa shape index (κ2) is 7.14. The molecular weight excluding hydrogens is 417 g/mol. The van der Waals surface area contributed by atoms with Gasteiger partial charge in [-0.2, -0.15) is 0 Å². The Hall–Kier alpha value is -0.550. The smallest absolute Gasteiger partial charge is 0.138 e. The average Bonchev–Trinajstić information content (AvgIpc) is 2.41. The summed E-state index contributed by atoms with van der Waals surface area (Å²) in [5.41, 5.74) is 3.39. The fourth-order valence-electron chi connectivity index (χ4n) is 2.45. The van der Waals surface area contributed by atoms with Crippen molar-refractivity contribution >= 4 is 43.5 Å². The quantitative estimate of drug-likeness (QED) is 0.688. The Balaban J connectivity index is 2.61. The highest BCUT2D eigenvalue weighted by Gasteiger charge is 2.21. The van der Waals surface area contributed by atoms with Crippen LogP contribution in [0.1, 0.15) is 22.7 Å². The number of hydrogen-bond donors (Lipinski definition) is 1. The molecule has 0 fully saturated rings. The number of aryl methyl sites for hydroxylation is 1. The molecule has 2 rings (SSSR count). The van der Waals surface area contributed by atoms with Crippen LogP contribution in [0.2, 0.25) is 5.02 Å². The molecule has 0 saturated heterocycles. The minimum atomic E-state index is 0.00282. The zero-order valence-electron chi connectivity index (χ0n) is 12.0. The van der Waals surface area contributed by atoms with Crippen LogP contribution in [-0.2, 0) is 0 Å². The topological polar surface area (TPSA) is 21.3 Å². The van der Waals surface area contributed by atoms with Gasteiger partial charge in [0, 0.05) is 15.1 Å². The molecule has 0 aliphatic heterocycles. The maximum atomic E-state index is 6.21. The van der Waals surface area contributed by atoms with Gasteiger partial charge in [0.15, 0.2) is 0 Å². The third-order valence-corrected chi connectivity index (χ3v) is 4.68. The third-order valence-electron chi connectivity index (χ3n) is 3.38. The number of benzene rings is 2. The zero-order chi connectivity index (χ0) is 15.6. The van der Waals surface area contributed by atoms with Gasteiger partial charge >= 0.3 is 0 Å². The molecule has 0 aliphatic rings. The van der Waals surface area contributed by atoms with Crippen molar-refractivity contribution in [3.63, 3.8) is 0 Å². The summed E-state index contributed by atoms with van der Waals surface area (Å²) in [6, 6.07) is 10.0. The van der Waals surface area contributed by atoms with Gasteiger partial charge in [-0.3, -0.25) is 0 Å². The monoisotopic (exact) mass is 431 g/mol. The van der Waals surface area contributed by atoms with Crippen LogP contribution >= 0.6 is 43.5 Å². The molecule has 0 heterocycles. The maximum Gasteiger partial charge on any atom is 0.138 e. The highest BCUT2D eigenvalue weighted by Crippen LogP contribution is 2.39. The number of rotatable bonds is 4. The molecule has 0 saturated carbocycles. The lowest BCUT2D eigenvalue weighted by Gasteiger charge is -2.23. The fraction of sp³-hybridized carbons (Fsp3) is 0.250. The number of nitrogens with one attached hydrogen (secondary N) is 1. The van der Waals surface area contributed by atoms with E-state index in [0.717, 1.165) is 20.3 Å². The molecule has 0 aromatic heterocycles. The minimum absolute atomic E-state index is 0.00282. The van der Waals surface area contributed by atoms with E-state index < -0.39 is 0 Å². The zero-order valence-corrected chi connectivity index (χ0v) is 15.9. The van der Waals surface area contributed by atoms with E-state index in [-0.39, 0.29) is 6.04 Å². The van der Waals surface area contributed by atoms with Gasteiger partial charge in [0.25, 0.3) is 0 Å². The molecule has 5 heteroatoms. The van der Waals surface area contributed by atoms with Crippen molar-refractivity contribution in [3.05, 3.63) is 61.0 Å². The molecule has 2 aromatic carbocycles. The van der Waals surface area contributed by atoms with E-state index in [1.54, 1.807) is 7.11 Å². The van der Waals surface area contributed by atoms with Gasteiger partial charge in [-0.05, 0) is 65.3 Å². The summed E-state index contributed by atoms with van der Waals surface area (Å²) in [6.45, 7) is 2.09. The first-order chi connectivity index (χ1) is 9.97. The lowest BCUT2D eigenvalue weighted by atomic mass is 9.94. The van der Waals surface area contributed by atoms with Gasteiger partial charge in [0.05, 0.1) is 17.6 Å². The van der Waals surface area contributed by atoms with Crippen LogP contribution in [0.25, 0.3) is 0 Å². The summed E-state index contributed by atoms with van der Waals surface area (Å²) < 4.78 is 7.46. The predicted octanol–water partition coefficient (Wildman–Crippen LogP) is 5.49. The van der Waals surface area contributed by atoms with Gasteiger partial charge in [-0.25, -0.2) is 0 Å². The van der Waals surface area contributed by atoms with E-state index in [9.17, 15) is 0 Å². The van der Waals surface area contributed by atoms with Gasteiger partial charge < -0.3 is 10.1 Å². The predicted molar refractivity (Wildman–Crippen MR) is 95.5 cm³/mol.